The van der Waals surface area contributed by atoms with E-state index in [1.54, 1.807) is 90.6 Å². The molecule has 2 fully saturated rings. The fourth-order valence-electron chi connectivity index (χ4n) is 20.7. The average Bonchev–Trinajstić information content (AvgIpc) is 1.57. The number of benzene rings is 9. The Bertz CT molecular complexity index is 7570. The lowest BCUT2D eigenvalue weighted by molar-refractivity contribution is -0.128. The molecule has 4 aliphatic heterocycles. The van der Waals surface area contributed by atoms with E-state index < -0.39 is 42.1 Å². The molecule has 4 atom stereocenters. The summed E-state index contributed by atoms with van der Waals surface area (Å²) in [5.41, 5.74) is 21.7. The first kappa shape index (κ1) is 107. The van der Waals surface area contributed by atoms with Crippen molar-refractivity contribution in [3.63, 3.8) is 0 Å². The van der Waals surface area contributed by atoms with Gasteiger partial charge in [0.2, 0.25) is 11.8 Å². The number of carbonyl (C=O) groups is 10. The summed E-state index contributed by atoms with van der Waals surface area (Å²) in [6.07, 6.45) is 3.98. The van der Waals surface area contributed by atoms with Crippen molar-refractivity contribution in [2.75, 3.05) is 137 Å². The van der Waals surface area contributed by atoms with E-state index >= 15 is 0 Å². The number of fused-ring (bicyclic) bond motifs is 13. The summed E-state index contributed by atoms with van der Waals surface area (Å²) in [5, 5.41) is 31.5. The van der Waals surface area contributed by atoms with Gasteiger partial charge in [0.1, 0.15) is 66.5 Å². The van der Waals surface area contributed by atoms with Crippen LogP contribution < -0.4 is 51.0 Å². The van der Waals surface area contributed by atoms with Gasteiger partial charge < -0.3 is 95.3 Å². The SMILES string of the molecule is Cc1csc2c(O)cc3c(c12)[C@H](CCl)CN3C(=O)c1cc2cc(NC(=O)c3cc4cc(OCCN5CCCC5)ccc4[nH]3)ccc2[nH]1.Cc1csc2c(OC(=O)N(C)CCN(C)C(=O)OCc3ccc(NC(=O)[C@H](CCCCC(N)=O)CC(=O)[C@@H](NC(=O)OCC4c5ccccc5-c5ccccc54)C(C)C)cc3)cc3c(c12)[C@H](CCl)CN3C(=O)c1cc2cc(NC(=O)c3cc4cc(OCCN5CCCC5)ccc4[nH]3)ccc2[nH]1.II. The molecule has 0 bridgehead atoms. The third kappa shape index (κ3) is 24.0. The van der Waals surface area contributed by atoms with E-state index in [0.717, 1.165) is 148 Å². The smallest absolute Gasteiger partial charge is 0.415 e. The highest BCUT2D eigenvalue weighted by Crippen LogP contribution is 2.52. The molecule has 0 radical (unpaired) electrons. The number of anilines is 5. The number of ether oxygens (including phenoxy) is 5. The van der Waals surface area contributed by atoms with Crippen LogP contribution in [0.15, 0.2) is 193 Å². The number of primary amides is 1. The van der Waals surface area contributed by atoms with Crippen LogP contribution in [0.5, 0.6) is 23.0 Å². The van der Waals surface area contributed by atoms with Crippen LogP contribution >= 0.6 is 83.1 Å². The van der Waals surface area contributed by atoms with Gasteiger partial charge in [-0.05, 0) is 254 Å². The van der Waals surface area contributed by atoms with Crippen molar-refractivity contribution in [2.24, 2.45) is 17.6 Å². The number of alkyl carbamates (subject to hydrolysis) is 1. The van der Waals surface area contributed by atoms with Gasteiger partial charge in [0.05, 0.1) is 26.8 Å². The molecule has 150 heavy (non-hydrogen) atoms. The molecule has 1 aliphatic carbocycles. The number of likely N-dealkylation sites (tertiary alicyclic amines) is 2. The Labute approximate surface area is 907 Å². The van der Waals surface area contributed by atoms with Crippen molar-refractivity contribution in [3.05, 3.63) is 254 Å². The fourth-order valence-corrected chi connectivity index (χ4v) is 23.2. The summed E-state index contributed by atoms with van der Waals surface area (Å²) < 4.78 is 31.1. The van der Waals surface area contributed by atoms with E-state index in [4.69, 9.17) is 52.6 Å². The molecule has 0 saturated carbocycles. The number of hydrogen-bond donors (Lipinski definition) is 10. The van der Waals surface area contributed by atoms with Crippen molar-refractivity contribution < 1.29 is 76.7 Å². The number of nitrogens with one attached hydrogen (secondary N) is 8. The second kappa shape index (κ2) is 47.9. The minimum absolute atomic E-state index is 0.0401. The van der Waals surface area contributed by atoms with Crippen LogP contribution in [0.4, 0.5) is 42.8 Å². The second-order valence-corrected chi connectivity index (χ2v) is 41.6. The number of ketones is 1. The lowest BCUT2D eigenvalue weighted by atomic mass is 9.89. The minimum Gasteiger partial charge on any atom is -0.506 e. The topological polar surface area (TPSA) is 394 Å². The second-order valence-electron chi connectivity index (χ2n) is 39.2. The Morgan fingerprint density at radius 1 is 0.540 bits per heavy atom. The maximum atomic E-state index is 14.7. The van der Waals surface area contributed by atoms with Crippen LogP contribution in [0.1, 0.15) is 170 Å². The molecular formula is C113H117Cl2I2N15O16S2. The Morgan fingerprint density at radius 3 is 1.52 bits per heavy atom. The van der Waals surface area contributed by atoms with Gasteiger partial charge in [-0.3, -0.25) is 43.4 Å². The van der Waals surface area contributed by atoms with Crippen molar-refractivity contribution in [1.29, 1.82) is 0 Å². The third-order valence-electron chi connectivity index (χ3n) is 28.6. The van der Waals surface area contributed by atoms with Crippen LogP contribution in [0, 0.1) is 25.7 Å². The molecule has 0 unspecified atom stereocenters. The number of likely N-dealkylation sites (N-methyl/N-ethyl adjacent to an activating group) is 2. The molecule has 2 saturated heterocycles. The van der Waals surface area contributed by atoms with Crippen molar-refractivity contribution >= 4 is 235 Å². The lowest BCUT2D eigenvalue weighted by Gasteiger charge is -2.24. The van der Waals surface area contributed by atoms with Crippen molar-refractivity contribution in [2.45, 2.75) is 116 Å². The number of thiophene rings is 2. The van der Waals surface area contributed by atoms with E-state index in [9.17, 15) is 53.1 Å². The molecule has 0 spiro atoms. The van der Waals surface area contributed by atoms with Gasteiger partial charge >= 0.3 is 18.3 Å². The molecule has 11 N–H and O–H groups in total. The van der Waals surface area contributed by atoms with Gasteiger partial charge in [-0.1, -0.05) is 80.9 Å². The van der Waals surface area contributed by atoms with E-state index in [1.807, 2.05) is 154 Å². The zero-order chi connectivity index (χ0) is 105. The monoisotopic (exact) mass is 2330 g/mol. The first-order valence-electron chi connectivity index (χ1n) is 50.3. The molecular weight excluding hydrogens is 2210 g/mol. The van der Waals surface area contributed by atoms with Gasteiger partial charge in [-0.15, -0.1) is 45.9 Å². The van der Waals surface area contributed by atoms with E-state index in [2.05, 4.69) is 88.2 Å². The predicted molar refractivity (Wildman–Crippen MR) is 609 cm³/mol. The number of rotatable bonds is 36. The number of carbonyl (C=O) groups excluding carboxylic acids is 10. The predicted octanol–water partition coefficient (Wildman–Crippen LogP) is 23.1. The fraction of sp³-hybridized carbons (Fsp3) is 0.327. The van der Waals surface area contributed by atoms with Crippen molar-refractivity contribution in [1.82, 2.24) is 44.9 Å². The van der Waals surface area contributed by atoms with E-state index in [-0.39, 0.29) is 123 Å². The first-order chi connectivity index (χ1) is 72.6. The summed E-state index contributed by atoms with van der Waals surface area (Å²) in [5.74, 6) is -1.37. The van der Waals surface area contributed by atoms with Gasteiger partial charge in [-0.25, -0.2) is 14.4 Å². The average molecular weight is 2330 g/mol. The molecule has 6 aromatic heterocycles. The van der Waals surface area contributed by atoms with Gasteiger partial charge in [0.25, 0.3) is 23.6 Å². The number of alkyl halides is 2. The third-order valence-corrected chi connectivity index (χ3v) is 31.6. The molecule has 9 aromatic carbocycles. The highest BCUT2D eigenvalue weighted by molar-refractivity contribution is 15.0. The summed E-state index contributed by atoms with van der Waals surface area (Å²) in [4.78, 5) is 159. The largest absolute Gasteiger partial charge is 0.506 e. The normalized spacial score (nSPS) is 15.1. The quantitative estimate of drug-likeness (QED) is 0.00990. The maximum Gasteiger partial charge on any atom is 0.415 e. The van der Waals surface area contributed by atoms with E-state index in [0.29, 0.717) is 106 Å². The van der Waals surface area contributed by atoms with Crippen LogP contribution in [-0.4, -0.2) is 221 Å². The number of phenolic OH excluding ortho intramolecular Hbond substituents is 1. The Kier molecular flexibility index (Phi) is 34.0. The van der Waals surface area contributed by atoms with Crippen LogP contribution in [0.25, 0.3) is 74.9 Å². The molecule has 9 amide bonds. The standard InChI is InChI=1S/C77H83ClN10O12S.C36H34ClN5O4S.I2/c1-45(2)70(84-75(94)98-43-59-57-17-9-7-15-55(57)56-16-8-10-18-58(56)59)65(89)38-48(14-6-11-19-67(79)90)72(91)80-52-22-20-47(21-23-52)42-99-76(95)85(4)30-31-86(5)77(96)100-66-39-64-69(68-46(3)44-101-71(66)68)51(40-78)41-88(64)74(93)63-37-49-34-53(24-26-60(49)83-63)81-73(92)62-36-50-35-54(25-27-61(50)82-62)97-33-32-87-28-12-13-29-87;1-20-19-47-34-31(43)16-30-33(32(20)34)23(17-37)18-42(30)36(45)29-15-21-12-24(4-6-26(21)40-29)38-35(44)28-14-22-13-25(5-7-27(22)39-28)46-11-10-41-8-2-3-9-41;1-2/h7-10,15-18,20-27,34-37,39,44-45,48,51,59,70,82-83H,6,11-14,19,28-33,38,40-43H2,1-5H3,(H2,79,90)(H,80,91)(H,81,92)(H,84,94);4-7,12-16,19,23,39-40,43H,2-3,8-11,17-18H2,1H3,(H,38,44);/t48-,51-,70+;23-;/m11./s1. The van der Waals surface area contributed by atoms with Crippen LogP contribution in [0.2, 0.25) is 0 Å². The number of aromatic amines is 4. The summed E-state index contributed by atoms with van der Waals surface area (Å²) in [7, 11) is 3.10. The number of aryl methyl sites for hydroxylation is 2. The first-order valence-corrected chi connectivity index (χ1v) is 59.4. The number of unbranched alkanes of at least 4 members (excludes halogenated alkanes) is 1. The summed E-state index contributed by atoms with van der Waals surface area (Å²) in [6, 6.07) is 54.8. The van der Waals surface area contributed by atoms with Gasteiger partial charge in [0, 0.05) is 222 Å². The minimum atomic E-state index is -0.946. The van der Waals surface area contributed by atoms with E-state index in [1.165, 1.54) is 58.2 Å². The number of halogens is 4. The molecule has 20 rings (SSSR count). The lowest BCUT2D eigenvalue weighted by Crippen LogP contribution is -2.46. The van der Waals surface area contributed by atoms with Crippen molar-refractivity contribution in [3.8, 4) is 34.1 Å². The number of Topliss-reactive ketones (excluding diaryl/α,β-unsaturated/α-hetero) is 1. The molecule has 15 aromatic rings. The number of H-pyrrole nitrogens is 4. The summed E-state index contributed by atoms with van der Waals surface area (Å²) in [6.45, 7) is 16.0. The molecule has 31 nitrogen and oxygen atoms in total. The highest BCUT2D eigenvalue weighted by atomic mass is 128. The number of hydrogen-bond acceptors (Lipinski definition) is 20. The van der Waals surface area contributed by atoms with Crippen LogP contribution in [0.3, 0.4) is 0 Å². The number of nitrogens with zero attached hydrogens (tertiary/aromatic N) is 6. The number of aromatic hydroxyl groups is 1. The molecule has 5 aliphatic rings. The number of amides is 9. The molecule has 10 heterocycles. The Hall–Kier alpha value is -13.3. The molecule has 780 valence electrons. The zero-order valence-corrected chi connectivity index (χ0v) is 91.2. The summed E-state index contributed by atoms with van der Waals surface area (Å²) >= 11 is 20.2. The highest BCUT2D eigenvalue weighted by Gasteiger charge is 2.41. The van der Waals surface area contributed by atoms with Gasteiger partial charge in [-0.2, -0.15) is 0 Å². The molecule has 37 heteroatoms. The number of phenols is 1. The number of nitrogens with two attached hydrogens (primary N) is 1. The number of aromatic nitrogens is 4. The van der Waals surface area contributed by atoms with Gasteiger partial charge in [0.15, 0.2) is 11.5 Å². The zero-order valence-electron chi connectivity index (χ0n) is 83.8. The van der Waals surface area contributed by atoms with Crippen LogP contribution in [-0.2, 0) is 30.5 Å². The Balaban J connectivity index is 0.000000248. The maximum absolute atomic E-state index is 14.7. The Morgan fingerprint density at radius 2 is 1.01 bits per heavy atom.